The highest BCUT2D eigenvalue weighted by Gasteiger charge is 2.34. The summed E-state index contributed by atoms with van der Waals surface area (Å²) in [5.41, 5.74) is -0.207. The Balaban J connectivity index is 1.31. The molecule has 2 aromatic carbocycles. The van der Waals surface area contributed by atoms with Crippen LogP contribution in [0.5, 0.6) is 11.5 Å². The second-order valence-corrected chi connectivity index (χ2v) is 8.13. The molecule has 0 bridgehead atoms. The molecule has 0 saturated carbocycles. The number of amides is 2. The summed E-state index contributed by atoms with van der Waals surface area (Å²) in [4.78, 5) is 36.7. The normalized spacial score (nSPS) is 18.3. The number of hydrogen-bond donors (Lipinski definition) is 1. The molecule has 11 heteroatoms. The lowest BCUT2D eigenvalue weighted by atomic mass is 10.1. The summed E-state index contributed by atoms with van der Waals surface area (Å²) in [5.74, 6) is 0.0820. The van der Waals surface area contributed by atoms with Gasteiger partial charge in [0.2, 0.25) is 5.12 Å². The molecule has 1 atom stereocenters. The summed E-state index contributed by atoms with van der Waals surface area (Å²) in [5, 5.41) is 2.02. The van der Waals surface area contributed by atoms with Crippen molar-refractivity contribution in [2.24, 2.45) is 0 Å². The van der Waals surface area contributed by atoms with E-state index in [9.17, 15) is 27.6 Å². The summed E-state index contributed by atoms with van der Waals surface area (Å²) in [6.07, 6.45) is -4.18. The van der Waals surface area contributed by atoms with Gasteiger partial charge in [-0.1, -0.05) is 12.1 Å². The minimum atomic E-state index is -4.55. The molecule has 1 unspecified atom stereocenters. The van der Waals surface area contributed by atoms with E-state index in [4.69, 9.17) is 9.47 Å². The van der Waals surface area contributed by atoms with E-state index >= 15 is 0 Å². The maximum atomic E-state index is 12.9. The van der Waals surface area contributed by atoms with Crippen LogP contribution in [0.4, 0.5) is 18.0 Å². The molecule has 32 heavy (non-hydrogen) atoms. The Morgan fingerprint density at radius 1 is 1.12 bits per heavy atom. The molecule has 2 aromatic rings. The average Bonchev–Trinajstić information content (AvgIpc) is 3.06. The predicted molar refractivity (Wildman–Crippen MR) is 109 cm³/mol. The van der Waals surface area contributed by atoms with Crippen molar-refractivity contribution >= 4 is 28.0 Å². The maximum absolute atomic E-state index is 12.9. The summed E-state index contributed by atoms with van der Waals surface area (Å²) in [6.45, 7) is 0.144. The number of alkyl halides is 3. The van der Waals surface area contributed by atoms with Gasteiger partial charge < -0.3 is 19.7 Å². The monoisotopic (exact) mass is 466 g/mol. The summed E-state index contributed by atoms with van der Waals surface area (Å²) >= 11 is 0.662. The van der Waals surface area contributed by atoms with E-state index in [1.54, 1.807) is 24.3 Å². The Labute approximate surface area is 184 Å². The van der Waals surface area contributed by atoms with E-state index in [1.807, 2.05) is 0 Å². The molecule has 0 radical (unpaired) electrons. The number of nitrogens with one attached hydrogen (secondary N) is 1. The summed E-state index contributed by atoms with van der Waals surface area (Å²) in [6, 6.07) is 9.19. The highest BCUT2D eigenvalue weighted by Crippen LogP contribution is 2.34. The molecule has 0 spiro atoms. The van der Waals surface area contributed by atoms with Crippen molar-refractivity contribution < 1.29 is 37.0 Å². The van der Waals surface area contributed by atoms with Crippen molar-refractivity contribution in [1.29, 1.82) is 0 Å². The number of fused-ring (bicyclic) bond motifs is 1. The smallest absolute Gasteiger partial charge is 0.416 e. The van der Waals surface area contributed by atoms with Gasteiger partial charge >= 0.3 is 6.18 Å². The molecule has 0 aromatic heterocycles. The minimum absolute atomic E-state index is 0.0847. The Morgan fingerprint density at radius 3 is 2.53 bits per heavy atom. The molecular formula is C21H17F3N2O5S. The number of ether oxygens (including phenoxy) is 2. The molecule has 2 heterocycles. The Bertz CT molecular complexity index is 1060. The van der Waals surface area contributed by atoms with Crippen LogP contribution in [0.1, 0.15) is 21.5 Å². The zero-order chi connectivity index (χ0) is 22.9. The zero-order valence-electron chi connectivity index (χ0n) is 16.5. The first-order valence-corrected chi connectivity index (χ1v) is 10.4. The first-order chi connectivity index (χ1) is 15.2. The largest absolute Gasteiger partial charge is 0.492 e. The van der Waals surface area contributed by atoms with Gasteiger partial charge in [0, 0.05) is 18.2 Å². The predicted octanol–water partition coefficient (Wildman–Crippen LogP) is 3.47. The highest BCUT2D eigenvalue weighted by molar-refractivity contribution is 8.26. The Morgan fingerprint density at radius 2 is 1.88 bits per heavy atom. The molecule has 2 aliphatic heterocycles. The van der Waals surface area contributed by atoms with Gasteiger partial charge in [0.25, 0.3) is 11.1 Å². The van der Waals surface area contributed by atoms with Gasteiger partial charge in [0.15, 0.2) is 6.73 Å². The van der Waals surface area contributed by atoms with Crippen LogP contribution in [-0.4, -0.2) is 47.1 Å². The van der Waals surface area contributed by atoms with Crippen LogP contribution in [-0.2, 0) is 17.4 Å². The van der Waals surface area contributed by atoms with Gasteiger partial charge in [-0.05, 0) is 35.9 Å². The Hall–Kier alpha value is -3.21. The fraction of sp³-hybridized carbons (Fsp3) is 0.286. The quantitative estimate of drug-likeness (QED) is 0.702. The van der Waals surface area contributed by atoms with Gasteiger partial charge in [-0.15, -0.1) is 0 Å². The molecule has 2 aliphatic rings. The first-order valence-electron chi connectivity index (χ1n) is 9.58. The van der Waals surface area contributed by atoms with Crippen LogP contribution < -0.4 is 14.8 Å². The van der Waals surface area contributed by atoms with Crippen LogP contribution >= 0.6 is 11.8 Å². The fourth-order valence-electron chi connectivity index (χ4n) is 3.30. The van der Waals surface area contributed by atoms with Crippen molar-refractivity contribution in [1.82, 2.24) is 10.2 Å². The number of carbonyl (C=O) groups is 3. The molecule has 0 aliphatic carbocycles. The summed E-state index contributed by atoms with van der Waals surface area (Å²) in [7, 11) is 0. The van der Waals surface area contributed by atoms with Crippen molar-refractivity contribution in [2.75, 3.05) is 19.9 Å². The molecular weight excluding hydrogens is 449 g/mol. The number of hydrogen-bond acceptors (Lipinski definition) is 6. The molecule has 168 valence electrons. The van der Waals surface area contributed by atoms with E-state index in [2.05, 4.69) is 5.32 Å². The van der Waals surface area contributed by atoms with Crippen LogP contribution in [0.3, 0.4) is 0 Å². The van der Waals surface area contributed by atoms with E-state index in [-0.39, 0.29) is 41.5 Å². The van der Waals surface area contributed by atoms with Gasteiger partial charge in [-0.2, -0.15) is 13.2 Å². The molecule has 1 saturated heterocycles. The third-order valence-corrected chi connectivity index (χ3v) is 5.75. The number of halogens is 3. The average molecular weight is 466 g/mol. The topological polar surface area (TPSA) is 84.9 Å². The molecule has 4 rings (SSSR count). The highest BCUT2D eigenvalue weighted by atomic mass is 32.2. The second kappa shape index (κ2) is 8.73. The standard InChI is InChI=1S/C21H17F3N2O5S/c22-21(23,24)13-3-6-17-15(10-13)18(27)26(11-31-17)7-8-30-14-4-1-12(2-5-14)9-16-19(28)32-20(29)25-16/h1-6,10,16H,7-9,11H2,(H,25,29). The number of nitrogens with zero attached hydrogens (tertiary/aromatic N) is 1. The maximum Gasteiger partial charge on any atom is 0.416 e. The van der Waals surface area contributed by atoms with Crippen LogP contribution in [0.15, 0.2) is 42.5 Å². The first kappa shape index (κ1) is 22.0. The van der Waals surface area contributed by atoms with Gasteiger partial charge in [-0.3, -0.25) is 14.4 Å². The lowest BCUT2D eigenvalue weighted by molar-refractivity contribution is -0.137. The molecule has 7 nitrogen and oxygen atoms in total. The minimum Gasteiger partial charge on any atom is -0.492 e. The van der Waals surface area contributed by atoms with Crippen LogP contribution in [0, 0.1) is 0 Å². The van der Waals surface area contributed by atoms with E-state index < -0.39 is 23.7 Å². The Kier molecular flexibility index (Phi) is 6.00. The third kappa shape index (κ3) is 4.82. The number of carbonyl (C=O) groups excluding carboxylic acids is 3. The number of benzene rings is 2. The van der Waals surface area contributed by atoms with Crippen molar-refractivity contribution in [3.8, 4) is 11.5 Å². The molecule has 1 N–H and O–H groups in total. The number of thioether (sulfide) groups is 1. The van der Waals surface area contributed by atoms with Crippen molar-refractivity contribution in [3.05, 3.63) is 59.2 Å². The van der Waals surface area contributed by atoms with Crippen LogP contribution in [0.25, 0.3) is 0 Å². The SMILES string of the molecule is O=C1NC(Cc2ccc(OCCN3COc4ccc(C(F)(F)F)cc4C3=O)cc2)C(=O)S1. The zero-order valence-corrected chi connectivity index (χ0v) is 17.3. The van der Waals surface area contributed by atoms with E-state index in [0.717, 1.165) is 23.8 Å². The van der Waals surface area contributed by atoms with Gasteiger partial charge in [-0.25, -0.2) is 0 Å². The van der Waals surface area contributed by atoms with Crippen molar-refractivity contribution in [2.45, 2.75) is 18.6 Å². The van der Waals surface area contributed by atoms with E-state index in [1.165, 1.54) is 4.90 Å². The molecule has 1 fully saturated rings. The van der Waals surface area contributed by atoms with Gasteiger partial charge in [0.1, 0.15) is 24.1 Å². The van der Waals surface area contributed by atoms with E-state index in [0.29, 0.717) is 23.9 Å². The fourth-order valence-corrected chi connectivity index (χ4v) is 3.97. The lowest BCUT2D eigenvalue weighted by Crippen LogP contribution is -2.41. The molecule has 2 amide bonds. The lowest BCUT2D eigenvalue weighted by Gasteiger charge is -2.29. The van der Waals surface area contributed by atoms with Crippen LogP contribution in [0.2, 0.25) is 0 Å². The summed E-state index contributed by atoms with van der Waals surface area (Å²) < 4.78 is 49.8. The second-order valence-electron chi connectivity index (χ2n) is 7.15. The third-order valence-electron chi connectivity index (χ3n) is 4.96. The van der Waals surface area contributed by atoms with Gasteiger partial charge in [0.05, 0.1) is 17.7 Å². The number of rotatable bonds is 6. The van der Waals surface area contributed by atoms with Crippen molar-refractivity contribution in [3.63, 3.8) is 0 Å².